The highest BCUT2D eigenvalue weighted by molar-refractivity contribution is 5.79. The zero-order chi connectivity index (χ0) is 13.6. The Hall–Kier alpha value is -1.43. The maximum atomic E-state index is 11.2. The molecule has 18 heavy (non-hydrogen) atoms. The zero-order valence-electron chi connectivity index (χ0n) is 10.7. The summed E-state index contributed by atoms with van der Waals surface area (Å²) in [5.41, 5.74) is 7.37. The van der Waals surface area contributed by atoms with Gasteiger partial charge in [-0.25, -0.2) is 4.79 Å². The SMILES string of the molecule is NCCCCCCCC(=O)ONC(=O)CCC=O. The molecule has 3 N–H and O–H groups in total. The summed E-state index contributed by atoms with van der Waals surface area (Å²) in [6.45, 7) is 0.703. The van der Waals surface area contributed by atoms with Crippen LogP contribution >= 0.6 is 0 Å². The predicted octanol–water partition coefficient (Wildman–Crippen LogP) is 0.839. The fourth-order valence-corrected chi connectivity index (χ4v) is 1.35. The van der Waals surface area contributed by atoms with Crippen molar-refractivity contribution in [3.63, 3.8) is 0 Å². The van der Waals surface area contributed by atoms with Crippen molar-refractivity contribution in [2.24, 2.45) is 5.73 Å². The van der Waals surface area contributed by atoms with Gasteiger partial charge in [-0.3, -0.25) is 4.79 Å². The Kier molecular flexibility index (Phi) is 11.1. The summed E-state index contributed by atoms with van der Waals surface area (Å²) < 4.78 is 0. The average Bonchev–Trinajstić information content (AvgIpc) is 2.38. The molecule has 0 heterocycles. The van der Waals surface area contributed by atoms with Crippen LogP contribution in [0.5, 0.6) is 0 Å². The summed E-state index contributed by atoms with van der Waals surface area (Å²) in [5.74, 6) is -0.910. The van der Waals surface area contributed by atoms with Crippen LogP contribution in [0, 0.1) is 0 Å². The number of carbonyl (C=O) groups is 3. The van der Waals surface area contributed by atoms with Crippen molar-refractivity contribution in [2.75, 3.05) is 6.54 Å². The van der Waals surface area contributed by atoms with Gasteiger partial charge in [-0.15, -0.1) is 0 Å². The highest BCUT2D eigenvalue weighted by Crippen LogP contribution is 2.05. The van der Waals surface area contributed by atoms with E-state index in [2.05, 4.69) is 4.84 Å². The second-order valence-electron chi connectivity index (χ2n) is 4.01. The molecule has 0 rings (SSSR count). The van der Waals surface area contributed by atoms with E-state index in [1.165, 1.54) is 0 Å². The van der Waals surface area contributed by atoms with Crippen LogP contribution in [0.1, 0.15) is 51.4 Å². The van der Waals surface area contributed by atoms with Crippen molar-refractivity contribution >= 4 is 18.2 Å². The van der Waals surface area contributed by atoms with Gasteiger partial charge in [-0.1, -0.05) is 19.3 Å². The van der Waals surface area contributed by atoms with Gasteiger partial charge in [0.1, 0.15) is 6.29 Å². The molecule has 6 heteroatoms. The third kappa shape index (κ3) is 11.1. The van der Waals surface area contributed by atoms with Gasteiger partial charge < -0.3 is 15.4 Å². The topological polar surface area (TPSA) is 98.5 Å². The first-order valence-corrected chi connectivity index (χ1v) is 6.33. The average molecular weight is 258 g/mol. The van der Waals surface area contributed by atoms with Crippen LogP contribution in [0.25, 0.3) is 0 Å². The van der Waals surface area contributed by atoms with E-state index in [0.717, 1.165) is 32.1 Å². The lowest BCUT2D eigenvalue weighted by atomic mass is 10.1. The molecule has 0 aromatic carbocycles. The number of amides is 1. The van der Waals surface area contributed by atoms with Gasteiger partial charge in [0.25, 0.3) is 5.91 Å². The Morgan fingerprint density at radius 3 is 2.39 bits per heavy atom. The van der Waals surface area contributed by atoms with Gasteiger partial charge in [-0.05, 0) is 19.4 Å². The van der Waals surface area contributed by atoms with Crippen LogP contribution in [0.3, 0.4) is 0 Å². The molecule has 0 atom stereocenters. The summed E-state index contributed by atoms with van der Waals surface area (Å²) >= 11 is 0. The summed E-state index contributed by atoms with van der Waals surface area (Å²) in [5, 5.41) is 0. The van der Waals surface area contributed by atoms with Crippen molar-refractivity contribution in [1.82, 2.24) is 5.48 Å². The summed E-state index contributed by atoms with van der Waals surface area (Å²) in [7, 11) is 0. The van der Waals surface area contributed by atoms with Gasteiger partial charge in [0.2, 0.25) is 0 Å². The molecule has 104 valence electrons. The molecule has 0 aliphatic carbocycles. The second kappa shape index (κ2) is 12.0. The summed E-state index contributed by atoms with van der Waals surface area (Å²) in [4.78, 5) is 36.7. The molecule has 6 nitrogen and oxygen atoms in total. The number of nitrogens with one attached hydrogen (secondary N) is 1. The Morgan fingerprint density at radius 2 is 1.72 bits per heavy atom. The highest BCUT2D eigenvalue weighted by atomic mass is 16.7. The van der Waals surface area contributed by atoms with Crippen LogP contribution in [0.4, 0.5) is 0 Å². The van der Waals surface area contributed by atoms with E-state index in [-0.39, 0.29) is 19.3 Å². The number of hydrogen-bond donors (Lipinski definition) is 2. The minimum atomic E-state index is -0.460. The van der Waals surface area contributed by atoms with Crippen LogP contribution in [0.2, 0.25) is 0 Å². The Bertz CT molecular complexity index is 256. The van der Waals surface area contributed by atoms with Crippen molar-refractivity contribution in [3.05, 3.63) is 0 Å². The Morgan fingerprint density at radius 1 is 1.06 bits per heavy atom. The number of unbranched alkanes of at least 4 members (excludes halogenated alkanes) is 4. The molecule has 0 bridgehead atoms. The van der Waals surface area contributed by atoms with Crippen molar-refractivity contribution in [1.29, 1.82) is 0 Å². The van der Waals surface area contributed by atoms with E-state index in [1.54, 1.807) is 0 Å². The molecule has 0 saturated carbocycles. The first kappa shape index (κ1) is 16.6. The van der Waals surface area contributed by atoms with Crippen LogP contribution in [-0.4, -0.2) is 24.7 Å². The Labute approximate surface area is 107 Å². The lowest BCUT2D eigenvalue weighted by molar-refractivity contribution is -0.158. The lowest BCUT2D eigenvalue weighted by Gasteiger charge is -2.04. The van der Waals surface area contributed by atoms with Gasteiger partial charge >= 0.3 is 5.97 Å². The zero-order valence-corrected chi connectivity index (χ0v) is 10.7. The monoisotopic (exact) mass is 258 g/mol. The fourth-order valence-electron chi connectivity index (χ4n) is 1.35. The van der Waals surface area contributed by atoms with Crippen LogP contribution < -0.4 is 11.2 Å². The van der Waals surface area contributed by atoms with E-state index in [9.17, 15) is 14.4 Å². The summed E-state index contributed by atoms with van der Waals surface area (Å²) in [6, 6.07) is 0. The van der Waals surface area contributed by atoms with Gasteiger partial charge in [0, 0.05) is 19.3 Å². The number of hydroxylamine groups is 1. The van der Waals surface area contributed by atoms with E-state index < -0.39 is 11.9 Å². The molecule has 0 radical (unpaired) electrons. The fraction of sp³-hybridized carbons (Fsp3) is 0.750. The van der Waals surface area contributed by atoms with Crippen LogP contribution in [-0.2, 0) is 19.2 Å². The molecule has 0 aromatic rings. The molecule has 0 saturated heterocycles. The van der Waals surface area contributed by atoms with E-state index in [1.807, 2.05) is 5.48 Å². The van der Waals surface area contributed by atoms with Gasteiger partial charge in [0.05, 0.1) is 0 Å². The second-order valence-corrected chi connectivity index (χ2v) is 4.01. The minimum Gasteiger partial charge on any atom is -0.341 e. The smallest absolute Gasteiger partial charge is 0.332 e. The van der Waals surface area contributed by atoms with Crippen molar-refractivity contribution in [3.8, 4) is 0 Å². The molecule has 0 aliphatic rings. The first-order valence-electron chi connectivity index (χ1n) is 6.33. The van der Waals surface area contributed by atoms with Crippen molar-refractivity contribution in [2.45, 2.75) is 51.4 Å². The third-order valence-electron chi connectivity index (χ3n) is 2.35. The Balaban J connectivity index is 3.37. The molecule has 0 spiro atoms. The normalized spacial score (nSPS) is 9.83. The number of nitrogens with two attached hydrogens (primary N) is 1. The van der Waals surface area contributed by atoms with Crippen LogP contribution in [0.15, 0.2) is 0 Å². The van der Waals surface area contributed by atoms with Gasteiger partial charge in [0.15, 0.2) is 0 Å². The van der Waals surface area contributed by atoms with E-state index >= 15 is 0 Å². The van der Waals surface area contributed by atoms with E-state index in [4.69, 9.17) is 5.73 Å². The quantitative estimate of drug-likeness (QED) is 0.344. The minimum absolute atomic E-state index is 0.0376. The molecule has 1 amide bonds. The predicted molar refractivity (Wildman–Crippen MR) is 66.3 cm³/mol. The molecule has 0 aromatic heterocycles. The standard InChI is InChI=1S/C12H22N2O4/c13-9-5-3-1-2-4-8-12(17)18-14-11(16)7-6-10-15/h10H,1-9,13H2,(H,14,16). The largest absolute Gasteiger partial charge is 0.341 e. The van der Waals surface area contributed by atoms with Crippen molar-refractivity contribution < 1.29 is 19.2 Å². The maximum Gasteiger partial charge on any atom is 0.332 e. The third-order valence-corrected chi connectivity index (χ3v) is 2.35. The maximum absolute atomic E-state index is 11.2. The van der Waals surface area contributed by atoms with Gasteiger partial charge in [-0.2, -0.15) is 5.48 Å². The molecular formula is C12H22N2O4. The first-order chi connectivity index (χ1) is 8.70. The highest BCUT2D eigenvalue weighted by Gasteiger charge is 2.06. The number of carbonyl (C=O) groups excluding carboxylic acids is 3. The number of hydrogen-bond acceptors (Lipinski definition) is 5. The molecule has 0 fully saturated rings. The molecule has 0 unspecified atom stereocenters. The molecule has 0 aliphatic heterocycles. The number of rotatable bonds is 10. The molecular weight excluding hydrogens is 236 g/mol. The van der Waals surface area contributed by atoms with E-state index in [0.29, 0.717) is 12.8 Å². The number of aldehydes is 1. The lowest BCUT2D eigenvalue weighted by Crippen LogP contribution is -2.26. The summed E-state index contributed by atoms with van der Waals surface area (Å²) in [6.07, 6.45) is 5.93.